The van der Waals surface area contributed by atoms with Crippen molar-refractivity contribution in [1.29, 1.82) is 0 Å². The Bertz CT molecular complexity index is 1130. The molecule has 0 aliphatic rings. The number of methoxy groups -OCH3 is 1. The molecule has 1 unspecified atom stereocenters. The Morgan fingerprint density at radius 1 is 1.18 bits per heavy atom. The highest BCUT2D eigenvalue weighted by Gasteiger charge is 2.29. The van der Waals surface area contributed by atoms with E-state index in [0.717, 1.165) is 10.4 Å². The molecule has 0 heterocycles. The smallest absolute Gasteiger partial charge is 0.340 e. The van der Waals surface area contributed by atoms with Crippen molar-refractivity contribution in [3.63, 3.8) is 0 Å². The largest absolute Gasteiger partial charge is 0.495 e. The van der Waals surface area contributed by atoms with Crippen LogP contribution >= 0.6 is 11.6 Å². The number of esters is 1. The van der Waals surface area contributed by atoms with Crippen molar-refractivity contribution >= 4 is 39.2 Å². The van der Waals surface area contributed by atoms with Gasteiger partial charge in [0.15, 0.2) is 6.10 Å². The Balaban J connectivity index is 2.44. The minimum absolute atomic E-state index is 0.0111. The van der Waals surface area contributed by atoms with E-state index >= 15 is 0 Å². The van der Waals surface area contributed by atoms with Crippen LogP contribution in [0.25, 0.3) is 0 Å². The molecule has 8 nitrogen and oxygen atoms in total. The molecular weight excluding hydrogens is 468 g/mol. The summed E-state index contributed by atoms with van der Waals surface area (Å²) in [6.07, 6.45) is 0.339. The molecule has 0 saturated carbocycles. The van der Waals surface area contributed by atoms with Gasteiger partial charge in [0.2, 0.25) is 0 Å². The van der Waals surface area contributed by atoms with Gasteiger partial charge in [-0.2, -0.15) is 0 Å². The van der Waals surface area contributed by atoms with Gasteiger partial charge in [-0.3, -0.25) is 9.10 Å². The average molecular weight is 495 g/mol. The van der Waals surface area contributed by atoms with E-state index in [1.165, 1.54) is 32.2 Å². The molecular formula is C23H27ClN2O6S. The Kier molecular flexibility index (Phi) is 8.90. The Morgan fingerprint density at radius 2 is 1.85 bits per heavy atom. The zero-order chi connectivity index (χ0) is 24.8. The number of hydrogen-bond donors (Lipinski definition) is 1. The maximum Gasteiger partial charge on any atom is 0.340 e. The van der Waals surface area contributed by atoms with Gasteiger partial charge in [0.05, 0.1) is 34.8 Å². The molecule has 2 rings (SSSR count). The van der Waals surface area contributed by atoms with Crippen molar-refractivity contribution in [3.05, 3.63) is 65.7 Å². The summed E-state index contributed by atoms with van der Waals surface area (Å²) in [4.78, 5) is 24.6. The first kappa shape index (κ1) is 26.2. The molecule has 0 aromatic heterocycles. The number of benzene rings is 2. The Hall–Kier alpha value is -3.04. The molecule has 0 bridgehead atoms. The van der Waals surface area contributed by atoms with Crippen LogP contribution in [0.15, 0.2) is 60.0 Å². The quantitative estimate of drug-likeness (QED) is 0.398. The first-order chi connectivity index (χ1) is 15.5. The van der Waals surface area contributed by atoms with E-state index in [1.807, 2.05) is 0 Å². The van der Waals surface area contributed by atoms with Crippen LogP contribution in [-0.2, 0) is 19.6 Å². The lowest BCUT2D eigenvalue weighted by molar-refractivity contribution is -0.129. The molecule has 2 aromatic rings. The number of ether oxygens (including phenoxy) is 2. The van der Waals surface area contributed by atoms with Crippen molar-refractivity contribution in [3.8, 4) is 5.75 Å². The van der Waals surface area contributed by atoms with Crippen LogP contribution < -0.4 is 14.4 Å². The van der Waals surface area contributed by atoms with E-state index in [2.05, 4.69) is 11.9 Å². The SMILES string of the molecule is C=CCN(c1ccccc1OC)S(=O)(=O)c1ccc(Cl)c(C(=O)OC(C)C(=O)NC(C)C)c1. The van der Waals surface area contributed by atoms with Gasteiger partial charge in [-0.25, -0.2) is 13.2 Å². The van der Waals surface area contributed by atoms with Crippen LogP contribution in [0, 0.1) is 0 Å². The number of anilines is 1. The molecule has 0 radical (unpaired) electrons. The van der Waals surface area contributed by atoms with Crippen molar-refractivity contribution in [2.45, 2.75) is 37.8 Å². The molecule has 0 aliphatic carbocycles. The lowest BCUT2D eigenvalue weighted by atomic mass is 10.2. The predicted octanol–water partition coefficient (Wildman–Crippen LogP) is 3.80. The molecule has 2 aromatic carbocycles. The molecule has 0 fully saturated rings. The van der Waals surface area contributed by atoms with Gasteiger partial charge in [-0.1, -0.05) is 29.8 Å². The van der Waals surface area contributed by atoms with Crippen LogP contribution in [0.1, 0.15) is 31.1 Å². The van der Waals surface area contributed by atoms with Crippen molar-refractivity contribution in [2.75, 3.05) is 18.0 Å². The molecule has 0 saturated heterocycles. The van der Waals surface area contributed by atoms with Crippen molar-refractivity contribution in [1.82, 2.24) is 5.32 Å². The Labute approximate surface area is 199 Å². The van der Waals surface area contributed by atoms with Crippen LogP contribution in [0.3, 0.4) is 0 Å². The fourth-order valence-corrected chi connectivity index (χ4v) is 4.57. The molecule has 33 heavy (non-hydrogen) atoms. The van der Waals surface area contributed by atoms with Gasteiger partial charge in [0, 0.05) is 6.04 Å². The minimum Gasteiger partial charge on any atom is -0.495 e. The monoisotopic (exact) mass is 494 g/mol. The van der Waals surface area contributed by atoms with E-state index in [0.29, 0.717) is 11.4 Å². The second kappa shape index (κ2) is 11.2. The van der Waals surface area contributed by atoms with E-state index in [1.54, 1.807) is 38.1 Å². The van der Waals surface area contributed by atoms with E-state index in [-0.39, 0.29) is 28.1 Å². The predicted molar refractivity (Wildman–Crippen MR) is 127 cm³/mol. The van der Waals surface area contributed by atoms with Crippen LogP contribution in [0.2, 0.25) is 5.02 Å². The first-order valence-electron chi connectivity index (χ1n) is 10.1. The zero-order valence-corrected chi connectivity index (χ0v) is 20.4. The highest BCUT2D eigenvalue weighted by molar-refractivity contribution is 7.92. The van der Waals surface area contributed by atoms with E-state index in [4.69, 9.17) is 21.1 Å². The topological polar surface area (TPSA) is 102 Å². The number of hydrogen-bond acceptors (Lipinski definition) is 6. The van der Waals surface area contributed by atoms with Crippen LogP contribution in [-0.4, -0.2) is 46.1 Å². The third kappa shape index (κ3) is 6.27. The fraction of sp³-hybridized carbons (Fsp3) is 0.304. The van der Waals surface area contributed by atoms with Crippen LogP contribution in [0.5, 0.6) is 5.75 Å². The number of nitrogens with one attached hydrogen (secondary N) is 1. The number of para-hydroxylation sites is 2. The summed E-state index contributed by atoms with van der Waals surface area (Å²) in [5, 5.41) is 2.62. The summed E-state index contributed by atoms with van der Waals surface area (Å²) < 4.78 is 38.6. The van der Waals surface area contributed by atoms with Gasteiger partial charge in [-0.05, 0) is 51.1 Å². The maximum atomic E-state index is 13.5. The third-order valence-electron chi connectivity index (χ3n) is 4.48. The third-order valence-corrected chi connectivity index (χ3v) is 6.58. The molecule has 178 valence electrons. The molecule has 0 spiro atoms. The number of rotatable bonds is 10. The number of carbonyl (C=O) groups is 2. The maximum absolute atomic E-state index is 13.5. The standard InChI is InChI=1S/C23H27ClN2O6S/c1-6-13-26(20-9-7-8-10-21(20)31-5)33(29,30)17-11-12-19(24)18(14-17)23(28)32-16(4)22(27)25-15(2)3/h6-12,14-16H,1,13H2,2-5H3,(H,25,27). The highest BCUT2D eigenvalue weighted by Crippen LogP contribution is 2.33. The zero-order valence-electron chi connectivity index (χ0n) is 18.9. The highest BCUT2D eigenvalue weighted by atomic mass is 35.5. The van der Waals surface area contributed by atoms with Crippen molar-refractivity contribution < 1.29 is 27.5 Å². The summed E-state index contributed by atoms with van der Waals surface area (Å²) >= 11 is 6.15. The summed E-state index contributed by atoms with van der Waals surface area (Å²) in [5.41, 5.74) is 0.124. The number of halogens is 1. The van der Waals surface area contributed by atoms with Gasteiger partial charge >= 0.3 is 5.97 Å². The second-order valence-electron chi connectivity index (χ2n) is 7.35. The number of amides is 1. The Morgan fingerprint density at radius 3 is 2.45 bits per heavy atom. The summed E-state index contributed by atoms with van der Waals surface area (Å²) in [6, 6.07) is 10.2. The van der Waals surface area contributed by atoms with E-state index in [9.17, 15) is 18.0 Å². The van der Waals surface area contributed by atoms with Crippen molar-refractivity contribution in [2.24, 2.45) is 0 Å². The number of nitrogens with zero attached hydrogens (tertiary/aromatic N) is 1. The van der Waals surface area contributed by atoms with E-state index < -0.39 is 28.0 Å². The van der Waals surface area contributed by atoms with Crippen LogP contribution in [0.4, 0.5) is 5.69 Å². The minimum atomic E-state index is -4.15. The number of sulfonamides is 1. The summed E-state index contributed by atoms with van der Waals surface area (Å²) in [7, 11) is -2.71. The first-order valence-corrected chi connectivity index (χ1v) is 11.9. The molecule has 10 heteroatoms. The summed E-state index contributed by atoms with van der Waals surface area (Å²) in [6.45, 7) is 8.55. The second-order valence-corrected chi connectivity index (χ2v) is 9.62. The lowest BCUT2D eigenvalue weighted by Crippen LogP contribution is -2.39. The molecule has 1 amide bonds. The summed E-state index contributed by atoms with van der Waals surface area (Å²) in [5.74, 6) is -1.05. The van der Waals surface area contributed by atoms with Gasteiger partial charge < -0.3 is 14.8 Å². The molecule has 0 aliphatic heterocycles. The normalized spacial score (nSPS) is 12.1. The fourth-order valence-electron chi connectivity index (χ4n) is 2.91. The number of carbonyl (C=O) groups excluding carboxylic acids is 2. The average Bonchev–Trinajstić information content (AvgIpc) is 2.76. The van der Waals surface area contributed by atoms with Gasteiger partial charge in [0.1, 0.15) is 5.75 Å². The molecule has 1 atom stereocenters. The molecule has 1 N–H and O–H groups in total. The lowest BCUT2D eigenvalue weighted by Gasteiger charge is -2.25. The van der Waals surface area contributed by atoms with Gasteiger partial charge in [-0.15, -0.1) is 6.58 Å². The van der Waals surface area contributed by atoms with Gasteiger partial charge in [0.25, 0.3) is 15.9 Å².